The average Bonchev–Trinajstić information content (AvgIpc) is 3.29. The predicted octanol–water partition coefficient (Wildman–Crippen LogP) is 2.10. The molecule has 1 aromatic rings. The zero-order chi connectivity index (χ0) is 26.6. The number of fused-ring (bicyclic) bond motifs is 1. The first-order chi connectivity index (χ1) is 16.9. The molecule has 196 valence electrons. The largest absolute Gasteiger partial charge is 0.512 e. The molecule has 13 nitrogen and oxygen atoms in total. The Morgan fingerprint density at radius 2 is 2.03 bits per heavy atom. The number of ether oxygens (including phenoxy) is 3. The Balaban J connectivity index is 1.67. The molecule has 2 aliphatic heterocycles. The van der Waals surface area contributed by atoms with Crippen LogP contribution in [-0.2, 0) is 28.6 Å². The topological polar surface area (TPSA) is 174 Å². The van der Waals surface area contributed by atoms with Gasteiger partial charge in [0.2, 0.25) is 11.8 Å². The maximum absolute atomic E-state index is 12.8. The van der Waals surface area contributed by atoms with E-state index in [0.29, 0.717) is 11.3 Å². The number of carbonyl (C=O) groups excluding carboxylic acids is 4. The van der Waals surface area contributed by atoms with Gasteiger partial charge in [-0.25, -0.2) is 9.59 Å². The molecule has 3 atom stereocenters. The summed E-state index contributed by atoms with van der Waals surface area (Å²) in [5.74, 6) is -1.42. The third-order valence-corrected chi connectivity index (χ3v) is 6.25. The number of furan rings is 1. The van der Waals surface area contributed by atoms with Gasteiger partial charge in [0.1, 0.15) is 29.4 Å². The fraction of sp³-hybridized carbons (Fsp3) is 0.500. The van der Waals surface area contributed by atoms with Crippen molar-refractivity contribution in [1.82, 2.24) is 15.5 Å². The normalized spacial score (nSPS) is 20.0. The smallest absolute Gasteiger partial charge is 0.467 e. The number of amides is 3. The van der Waals surface area contributed by atoms with Crippen LogP contribution in [0, 0.1) is 0 Å². The summed E-state index contributed by atoms with van der Waals surface area (Å²) < 4.78 is 20.3. The number of esters is 1. The first kappa shape index (κ1) is 26.9. The van der Waals surface area contributed by atoms with Gasteiger partial charge in [-0.1, -0.05) is 0 Å². The molecule has 14 heteroatoms. The molecule has 0 bridgehead atoms. The van der Waals surface area contributed by atoms with E-state index in [1.165, 1.54) is 24.9 Å². The zero-order valence-corrected chi connectivity index (χ0v) is 20.9. The molecule has 0 saturated carbocycles. The minimum Gasteiger partial charge on any atom is -0.467 e. The molecule has 0 aromatic carbocycles. The molecule has 1 aromatic heterocycles. The fourth-order valence-electron chi connectivity index (χ4n) is 3.48. The molecule has 3 amide bonds. The molecule has 3 rings (SSSR count). The molecule has 1 saturated heterocycles. The van der Waals surface area contributed by atoms with E-state index in [-0.39, 0.29) is 24.7 Å². The summed E-state index contributed by atoms with van der Waals surface area (Å²) in [6.07, 6.45) is -1.23. The number of carboxylic acid groups (broad SMARTS) is 1. The van der Waals surface area contributed by atoms with Gasteiger partial charge in [-0.3, -0.25) is 19.3 Å². The lowest BCUT2D eigenvalue weighted by atomic mass is 10.0. The quantitative estimate of drug-likeness (QED) is 0.258. The van der Waals surface area contributed by atoms with Crippen LogP contribution >= 0.6 is 11.8 Å². The first-order valence-electron chi connectivity index (χ1n) is 10.9. The van der Waals surface area contributed by atoms with Crippen LogP contribution < -0.4 is 10.6 Å². The second-order valence-electron chi connectivity index (χ2n) is 8.93. The van der Waals surface area contributed by atoms with Gasteiger partial charge in [0.15, 0.2) is 0 Å². The van der Waals surface area contributed by atoms with E-state index in [0.717, 1.165) is 4.90 Å². The van der Waals surface area contributed by atoms with Crippen LogP contribution in [0.3, 0.4) is 0 Å². The van der Waals surface area contributed by atoms with Crippen LogP contribution in [0.5, 0.6) is 0 Å². The standard InChI is InChI=1S/C22H27N3O10S/c1-11(26)33-9-12-10-36-19-16(17(28)25(19)18(12)34-21(30)31)24-15(27)8-13(14-6-5-7-32-14)23-20(29)35-22(2,3)4/h5-7,13,16,19H,8-10H2,1-4H3,(H,23,29)(H,24,27)(H,30,31)/t13?,16?,19-/m0/s1. The van der Waals surface area contributed by atoms with Crippen molar-refractivity contribution in [3.63, 3.8) is 0 Å². The number of nitrogens with one attached hydrogen (secondary N) is 2. The molecule has 2 aliphatic rings. The number of hydrogen-bond donors (Lipinski definition) is 3. The summed E-state index contributed by atoms with van der Waals surface area (Å²) in [6, 6.07) is 1.38. The van der Waals surface area contributed by atoms with Crippen molar-refractivity contribution in [3.8, 4) is 0 Å². The summed E-state index contributed by atoms with van der Waals surface area (Å²) >= 11 is 1.25. The fourth-order valence-corrected chi connectivity index (χ4v) is 4.78. The highest BCUT2D eigenvalue weighted by Crippen LogP contribution is 2.40. The Labute approximate surface area is 210 Å². The van der Waals surface area contributed by atoms with Crippen molar-refractivity contribution < 1.29 is 47.7 Å². The minimum absolute atomic E-state index is 0.214. The monoisotopic (exact) mass is 525 g/mol. The lowest BCUT2D eigenvalue weighted by molar-refractivity contribution is -0.149. The van der Waals surface area contributed by atoms with Gasteiger partial charge in [0, 0.05) is 18.2 Å². The molecular formula is C22H27N3O10S. The number of hydrogen-bond acceptors (Lipinski definition) is 10. The Hall–Kier alpha value is -3.68. The highest BCUT2D eigenvalue weighted by molar-refractivity contribution is 8.00. The highest BCUT2D eigenvalue weighted by Gasteiger charge is 2.54. The van der Waals surface area contributed by atoms with Crippen LogP contribution in [0.2, 0.25) is 0 Å². The van der Waals surface area contributed by atoms with Crippen molar-refractivity contribution >= 4 is 41.8 Å². The SMILES string of the molecule is CC(=O)OCC1=C(OC(=O)O)N2C(=O)C(NC(=O)CC(NC(=O)OC(C)(C)C)c3ccco3)[C@@H]2SC1. The molecule has 0 spiro atoms. The second kappa shape index (κ2) is 10.9. The van der Waals surface area contributed by atoms with Crippen LogP contribution in [0.4, 0.5) is 9.59 Å². The number of β-lactam (4-membered cyclic amide) rings is 1. The summed E-state index contributed by atoms with van der Waals surface area (Å²) in [5, 5.41) is 13.7. The second-order valence-corrected chi connectivity index (χ2v) is 10.0. The van der Waals surface area contributed by atoms with Crippen molar-refractivity contribution in [3.05, 3.63) is 35.6 Å². The first-order valence-corrected chi connectivity index (χ1v) is 11.9. The van der Waals surface area contributed by atoms with Gasteiger partial charge in [-0.15, -0.1) is 11.8 Å². The number of rotatable bonds is 8. The zero-order valence-electron chi connectivity index (χ0n) is 20.1. The Morgan fingerprint density at radius 3 is 2.61 bits per heavy atom. The third kappa shape index (κ3) is 6.71. The molecule has 0 aliphatic carbocycles. The van der Waals surface area contributed by atoms with E-state index in [1.54, 1.807) is 32.9 Å². The maximum atomic E-state index is 12.8. The number of carbonyl (C=O) groups is 5. The Kier molecular flexibility index (Phi) is 8.17. The molecule has 0 radical (unpaired) electrons. The predicted molar refractivity (Wildman–Crippen MR) is 123 cm³/mol. The van der Waals surface area contributed by atoms with Gasteiger partial charge < -0.3 is 34.4 Å². The summed E-state index contributed by atoms with van der Waals surface area (Å²) in [4.78, 5) is 61.3. The van der Waals surface area contributed by atoms with Gasteiger partial charge in [0.25, 0.3) is 5.91 Å². The van der Waals surface area contributed by atoms with Gasteiger partial charge in [0.05, 0.1) is 18.7 Å². The van der Waals surface area contributed by atoms with E-state index in [4.69, 9.17) is 23.7 Å². The molecule has 36 heavy (non-hydrogen) atoms. The van der Waals surface area contributed by atoms with E-state index < -0.39 is 53.1 Å². The van der Waals surface area contributed by atoms with Crippen LogP contribution in [0.1, 0.15) is 45.9 Å². The van der Waals surface area contributed by atoms with Crippen LogP contribution in [0.15, 0.2) is 34.3 Å². The third-order valence-electron chi connectivity index (χ3n) is 4.91. The van der Waals surface area contributed by atoms with Crippen molar-refractivity contribution in [1.29, 1.82) is 0 Å². The molecule has 2 unspecified atom stereocenters. The summed E-state index contributed by atoms with van der Waals surface area (Å²) in [6.45, 7) is 6.06. The van der Waals surface area contributed by atoms with Crippen molar-refractivity contribution in [2.75, 3.05) is 12.4 Å². The lowest BCUT2D eigenvalue weighted by Gasteiger charge is -2.49. The average molecular weight is 526 g/mol. The van der Waals surface area contributed by atoms with Crippen LogP contribution in [-0.4, -0.2) is 69.4 Å². The number of thioether (sulfide) groups is 1. The van der Waals surface area contributed by atoms with Crippen molar-refractivity contribution in [2.24, 2.45) is 0 Å². The van der Waals surface area contributed by atoms with E-state index >= 15 is 0 Å². The van der Waals surface area contributed by atoms with E-state index in [9.17, 15) is 24.0 Å². The van der Waals surface area contributed by atoms with E-state index in [1.807, 2.05) is 0 Å². The van der Waals surface area contributed by atoms with Gasteiger partial charge >= 0.3 is 18.2 Å². The molecular weight excluding hydrogens is 498 g/mol. The Morgan fingerprint density at radius 1 is 1.31 bits per heavy atom. The summed E-state index contributed by atoms with van der Waals surface area (Å²) in [7, 11) is 0. The number of alkyl carbamates (subject to hydrolysis) is 1. The molecule has 3 N–H and O–H groups in total. The van der Waals surface area contributed by atoms with Crippen LogP contribution in [0.25, 0.3) is 0 Å². The summed E-state index contributed by atoms with van der Waals surface area (Å²) in [5.41, 5.74) is -0.441. The highest BCUT2D eigenvalue weighted by atomic mass is 32.2. The number of nitrogens with zero attached hydrogens (tertiary/aromatic N) is 1. The lowest BCUT2D eigenvalue weighted by Crippen LogP contribution is -2.70. The van der Waals surface area contributed by atoms with Crippen molar-refractivity contribution in [2.45, 2.75) is 57.2 Å². The molecule has 3 heterocycles. The Bertz CT molecular complexity index is 1060. The van der Waals surface area contributed by atoms with E-state index in [2.05, 4.69) is 10.6 Å². The minimum atomic E-state index is -1.63. The maximum Gasteiger partial charge on any atom is 0.512 e. The molecule has 1 fully saturated rings. The van der Waals surface area contributed by atoms with Gasteiger partial charge in [-0.05, 0) is 32.9 Å². The van der Waals surface area contributed by atoms with Gasteiger partial charge in [-0.2, -0.15) is 0 Å².